The van der Waals surface area contributed by atoms with E-state index >= 15 is 0 Å². The molecule has 1 aliphatic rings. The average Bonchev–Trinajstić information content (AvgIpc) is 2.83. The van der Waals surface area contributed by atoms with E-state index in [4.69, 9.17) is 0 Å². The number of rotatable bonds is 5. The molecular weight excluding hydrogens is 404 g/mol. The summed E-state index contributed by atoms with van der Waals surface area (Å²) >= 11 is 0. The van der Waals surface area contributed by atoms with Crippen LogP contribution in [-0.2, 0) is 6.42 Å². The summed E-state index contributed by atoms with van der Waals surface area (Å²) < 4.78 is 0. The molecule has 4 aromatic rings. The summed E-state index contributed by atoms with van der Waals surface area (Å²) in [5.41, 5.74) is 6.53. The van der Waals surface area contributed by atoms with Gasteiger partial charge in [0.1, 0.15) is 0 Å². The molecule has 2 nitrogen and oxygen atoms in total. The van der Waals surface area contributed by atoms with Gasteiger partial charge in [0.25, 0.3) is 0 Å². The van der Waals surface area contributed by atoms with Gasteiger partial charge in [-0.05, 0) is 82.7 Å². The van der Waals surface area contributed by atoms with Crippen LogP contribution in [0, 0.1) is 12.8 Å². The number of carbonyl (C=O) groups is 1. The van der Waals surface area contributed by atoms with Crippen LogP contribution >= 0.6 is 0 Å². The highest BCUT2D eigenvalue weighted by atomic mass is 16.4. The van der Waals surface area contributed by atoms with Gasteiger partial charge in [-0.25, -0.2) is 4.79 Å². The summed E-state index contributed by atoms with van der Waals surface area (Å²) in [6.07, 6.45) is 3.25. The average molecular weight is 435 g/mol. The molecule has 5 rings (SSSR count). The number of carboxylic acid groups (broad SMARTS) is 1. The Labute approximate surface area is 195 Å². The lowest BCUT2D eigenvalue weighted by Crippen LogP contribution is -2.21. The van der Waals surface area contributed by atoms with Crippen molar-refractivity contribution < 1.29 is 9.90 Å². The van der Waals surface area contributed by atoms with E-state index < -0.39 is 5.97 Å². The fourth-order valence-corrected chi connectivity index (χ4v) is 5.80. The molecule has 33 heavy (non-hydrogen) atoms. The van der Waals surface area contributed by atoms with Gasteiger partial charge in [0.2, 0.25) is 0 Å². The largest absolute Gasteiger partial charge is 0.478 e. The maximum absolute atomic E-state index is 11.8. The van der Waals surface area contributed by atoms with Crippen LogP contribution in [0.15, 0.2) is 84.9 Å². The Balaban J connectivity index is 1.47. The van der Waals surface area contributed by atoms with Gasteiger partial charge in [-0.2, -0.15) is 0 Å². The SMILES string of the molecule is Cc1ccc(C2CC(C[C@H](C)c3cccc4ccccc34)Cc3ccccc32)cc1C(=O)O. The predicted molar refractivity (Wildman–Crippen MR) is 135 cm³/mol. The topological polar surface area (TPSA) is 37.3 Å². The van der Waals surface area contributed by atoms with Crippen molar-refractivity contribution in [3.8, 4) is 0 Å². The molecule has 4 aromatic carbocycles. The van der Waals surface area contributed by atoms with Crippen LogP contribution in [0.5, 0.6) is 0 Å². The van der Waals surface area contributed by atoms with E-state index in [0.29, 0.717) is 17.4 Å². The first-order chi connectivity index (χ1) is 16.0. The Morgan fingerprint density at radius 3 is 2.58 bits per heavy atom. The third kappa shape index (κ3) is 4.18. The van der Waals surface area contributed by atoms with E-state index in [0.717, 1.165) is 30.4 Å². The van der Waals surface area contributed by atoms with Crippen LogP contribution in [0.2, 0.25) is 0 Å². The van der Waals surface area contributed by atoms with Crippen molar-refractivity contribution in [1.29, 1.82) is 0 Å². The summed E-state index contributed by atoms with van der Waals surface area (Å²) in [4.78, 5) is 11.8. The maximum Gasteiger partial charge on any atom is 0.335 e. The predicted octanol–water partition coefficient (Wildman–Crippen LogP) is 7.73. The minimum atomic E-state index is -0.848. The Hall–Kier alpha value is -3.39. The zero-order chi connectivity index (χ0) is 22.9. The summed E-state index contributed by atoms with van der Waals surface area (Å²) in [7, 11) is 0. The van der Waals surface area contributed by atoms with Crippen LogP contribution in [0.3, 0.4) is 0 Å². The van der Waals surface area contributed by atoms with E-state index in [1.165, 1.54) is 27.5 Å². The van der Waals surface area contributed by atoms with Crippen LogP contribution in [0.1, 0.15) is 69.8 Å². The molecule has 0 aromatic heterocycles. The molecule has 0 fully saturated rings. The quantitative estimate of drug-likeness (QED) is 0.349. The maximum atomic E-state index is 11.8. The molecule has 0 aliphatic heterocycles. The highest BCUT2D eigenvalue weighted by Gasteiger charge is 2.30. The molecule has 166 valence electrons. The van der Waals surface area contributed by atoms with Crippen molar-refractivity contribution in [3.05, 3.63) is 118 Å². The van der Waals surface area contributed by atoms with Gasteiger partial charge in [0.05, 0.1) is 5.56 Å². The summed E-state index contributed by atoms with van der Waals surface area (Å²) in [6.45, 7) is 4.22. The monoisotopic (exact) mass is 434 g/mol. The smallest absolute Gasteiger partial charge is 0.335 e. The second-order valence-corrected chi connectivity index (χ2v) is 9.64. The number of benzene rings is 4. The van der Waals surface area contributed by atoms with E-state index in [-0.39, 0.29) is 5.92 Å². The van der Waals surface area contributed by atoms with Crippen LogP contribution in [-0.4, -0.2) is 11.1 Å². The molecule has 0 spiro atoms. The van der Waals surface area contributed by atoms with E-state index in [1.807, 2.05) is 19.1 Å². The van der Waals surface area contributed by atoms with Crippen LogP contribution in [0.25, 0.3) is 10.8 Å². The molecule has 0 amide bonds. The molecule has 0 saturated heterocycles. The first kappa shape index (κ1) is 21.5. The van der Waals surface area contributed by atoms with Gasteiger partial charge < -0.3 is 5.11 Å². The zero-order valence-electron chi connectivity index (χ0n) is 19.3. The van der Waals surface area contributed by atoms with Gasteiger partial charge >= 0.3 is 5.97 Å². The van der Waals surface area contributed by atoms with Crippen molar-refractivity contribution >= 4 is 16.7 Å². The highest BCUT2D eigenvalue weighted by molar-refractivity contribution is 5.89. The zero-order valence-corrected chi connectivity index (χ0v) is 19.3. The van der Waals surface area contributed by atoms with Crippen molar-refractivity contribution in [2.45, 2.75) is 44.9 Å². The third-order valence-electron chi connectivity index (χ3n) is 7.44. The Kier molecular flexibility index (Phi) is 5.76. The van der Waals surface area contributed by atoms with Gasteiger partial charge in [0.15, 0.2) is 0 Å². The molecular formula is C31H30O2. The molecule has 1 N–H and O–H groups in total. The van der Waals surface area contributed by atoms with Crippen molar-refractivity contribution in [2.75, 3.05) is 0 Å². The fourth-order valence-electron chi connectivity index (χ4n) is 5.80. The lowest BCUT2D eigenvalue weighted by molar-refractivity contribution is 0.0696. The van der Waals surface area contributed by atoms with Crippen molar-refractivity contribution in [3.63, 3.8) is 0 Å². The molecule has 2 heteroatoms. The minimum absolute atomic E-state index is 0.235. The van der Waals surface area contributed by atoms with E-state index in [9.17, 15) is 9.90 Å². The number of hydrogen-bond acceptors (Lipinski definition) is 1. The number of carboxylic acids is 1. The van der Waals surface area contributed by atoms with Crippen LogP contribution in [0.4, 0.5) is 0 Å². The van der Waals surface area contributed by atoms with Gasteiger partial charge in [-0.3, -0.25) is 0 Å². The molecule has 0 saturated carbocycles. The summed E-state index contributed by atoms with van der Waals surface area (Å²) in [5, 5.41) is 12.3. The minimum Gasteiger partial charge on any atom is -0.478 e. The molecule has 0 radical (unpaired) electrons. The lowest BCUT2D eigenvalue weighted by Gasteiger charge is -2.34. The fraction of sp³-hybridized carbons (Fsp3) is 0.258. The van der Waals surface area contributed by atoms with Crippen LogP contribution < -0.4 is 0 Å². The Morgan fingerprint density at radius 2 is 1.73 bits per heavy atom. The second-order valence-electron chi connectivity index (χ2n) is 9.64. The van der Waals surface area contributed by atoms with Crippen molar-refractivity contribution in [2.24, 2.45) is 5.92 Å². The number of aromatic carboxylic acids is 1. The van der Waals surface area contributed by atoms with Gasteiger partial charge in [-0.1, -0.05) is 85.8 Å². The normalized spacial score (nSPS) is 18.6. The molecule has 2 unspecified atom stereocenters. The number of hydrogen-bond donors (Lipinski definition) is 1. The number of aryl methyl sites for hydroxylation is 1. The molecule has 1 aliphatic carbocycles. The summed E-state index contributed by atoms with van der Waals surface area (Å²) in [5.74, 6) is 0.394. The molecule has 0 bridgehead atoms. The van der Waals surface area contributed by atoms with Gasteiger partial charge in [0, 0.05) is 5.92 Å². The lowest BCUT2D eigenvalue weighted by atomic mass is 9.71. The van der Waals surface area contributed by atoms with E-state index in [1.54, 1.807) is 0 Å². The third-order valence-corrected chi connectivity index (χ3v) is 7.44. The standard InChI is InChI=1S/C31H30O2/c1-20-14-15-25(19-29(20)31(32)33)30-18-22(17-24-9-4-6-12-28(24)30)16-21(2)26-13-7-10-23-8-3-5-11-27(23)26/h3-15,19,21-22,30H,16-18H2,1-2H3,(H,32,33)/t21-,22?,30?/m0/s1. The first-order valence-corrected chi connectivity index (χ1v) is 11.9. The number of fused-ring (bicyclic) bond motifs is 2. The first-order valence-electron chi connectivity index (χ1n) is 11.9. The Bertz CT molecular complexity index is 1310. The second kappa shape index (κ2) is 8.86. The van der Waals surface area contributed by atoms with Crippen molar-refractivity contribution in [1.82, 2.24) is 0 Å². The molecule has 3 atom stereocenters. The van der Waals surface area contributed by atoms with Gasteiger partial charge in [-0.15, -0.1) is 0 Å². The van der Waals surface area contributed by atoms with E-state index in [2.05, 4.69) is 79.7 Å². The molecule has 0 heterocycles. The highest BCUT2D eigenvalue weighted by Crippen LogP contribution is 2.43. The summed E-state index contributed by atoms with van der Waals surface area (Å²) in [6, 6.07) is 30.0. The Morgan fingerprint density at radius 1 is 0.970 bits per heavy atom.